The van der Waals surface area contributed by atoms with Gasteiger partial charge in [-0.3, -0.25) is 4.98 Å². The van der Waals surface area contributed by atoms with E-state index >= 15 is 0 Å². The van der Waals surface area contributed by atoms with Crippen molar-refractivity contribution in [1.82, 2.24) is 4.98 Å². The zero-order valence-corrected chi connectivity index (χ0v) is 36.9. The maximum absolute atomic E-state index is 6.42. The Morgan fingerprint density at radius 2 is 0.618 bits per heavy atom. The Kier molecular flexibility index (Phi) is 8.59. The average Bonchev–Trinajstić information content (AvgIpc) is 3.81. The number of fused-ring (bicyclic) bond motifs is 15. The Hall–Kier alpha value is -9.05. The first-order chi connectivity index (χ1) is 33.7. The van der Waals surface area contributed by atoms with Crippen molar-refractivity contribution in [2.45, 2.75) is 0 Å². The molecule has 3 nitrogen and oxygen atoms in total. The van der Waals surface area contributed by atoms with E-state index in [2.05, 4.69) is 217 Å². The van der Waals surface area contributed by atoms with Crippen LogP contribution in [0.2, 0.25) is 0 Å². The molecule has 0 N–H and O–H groups in total. The standard InChI is InChI=1S/C65H40N2O/c1-3-15-54-50(13-1)52-17-5-7-19-56(52)62-47(22-11-24-58(54)62)41-27-33-44(34-28-41)67(46-37-31-43(32-38-46)49-39-40-66-64-60-21-9-10-26-61(60)68-65(49)64)45-35-29-42(30-36-45)48-23-12-25-59-55-16-4-2-14-51(55)53-18-6-8-20-57(53)63(48)59/h1-40H. The number of anilines is 3. The fraction of sp³-hybridized carbons (Fsp3) is 0. The zero-order chi connectivity index (χ0) is 44.7. The van der Waals surface area contributed by atoms with Gasteiger partial charge in [-0.2, -0.15) is 0 Å². The largest absolute Gasteiger partial charge is 0.454 e. The quantitative estimate of drug-likeness (QED) is 0.156. The second-order valence-corrected chi connectivity index (χ2v) is 17.7. The summed E-state index contributed by atoms with van der Waals surface area (Å²) in [6.07, 6.45) is 1.88. The third-order valence-corrected chi connectivity index (χ3v) is 14.1. The Morgan fingerprint density at radius 1 is 0.279 bits per heavy atom. The lowest BCUT2D eigenvalue weighted by molar-refractivity contribution is 0.669. The lowest BCUT2D eigenvalue weighted by atomic mass is 9.89. The summed E-state index contributed by atoms with van der Waals surface area (Å²) in [6.45, 7) is 0. The maximum Gasteiger partial charge on any atom is 0.161 e. The molecule has 0 aliphatic rings. The molecule has 0 aliphatic carbocycles. The molecule has 3 heteroatoms. The van der Waals surface area contributed by atoms with Gasteiger partial charge in [-0.15, -0.1) is 0 Å². The predicted octanol–water partition coefficient (Wildman–Crippen LogP) is 18.4. The van der Waals surface area contributed by atoms with E-state index in [0.717, 1.165) is 50.3 Å². The molecule has 0 saturated carbocycles. The Labute approximate surface area is 392 Å². The normalized spacial score (nSPS) is 11.8. The highest BCUT2D eigenvalue weighted by Crippen LogP contribution is 2.45. The molecule has 2 heterocycles. The lowest BCUT2D eigenvalue weighted by Crippen LogP contribution is -2.09. The second kappa shape index (κ2) is 15.3. The number of furan rings is 1. The number of nitrogens with zero attached hydrogens (tertiary/aromatic N) is 2. The topological polar surface area (TPSA) is 29.3 Å². The molecule has 0 bridgehead atoms. The molecule has 0 fully saturated rings. The first-order valence-corrected chi connectivity index (χ1v) is 23.3. The van der Waals surface area contributed by atoms with Crippen LogP contribution in [0, 0.1) is 0 Å². The van der Waals surface area contributed by atoms with Crippen molar-refractivity contribution < 1.29 is 4.42 Å². The number of pyridine rings is 1. The summed E-state index contributed by atoms with van der Waals surface area (Å²) >= 11 is 0. The molecular formula is C65H40N2O. The Bertz CT molecular complexity index is 4010. The minimum atomic E-state index is 0.799. The Morgan fingerprint density at radius 3 is 1.04 bits per heavy atom. The van der Waals surface area contributed by atoms with Crippen LogP contribution in [0.3, 0.4) is 0 Å². The van der Waals surface area contributed by atoms with Gasteiger partial charge < -0.3 is 9.32 Å². The van der Waals surface area contributed by atoms with Crippen molar-refractivity contribution in [1.29, 1.82) is 0 Å². The molecule has 0 amide bonds. The van der Waals surface area contributed by atoms with E-state index in [1.54, 1.807) is 0 Å². The molecule has 0 aliphatic heterocycles. The predicted molar refractivity (Wildman–Crippen MR) is 288 cm³/mol. The highest BCUT2D eigenvalue weighted by molar-refractivity contribution is 6.29. The van der Waals surface area contributed by atoms with Gasteiger partial charge >= 0.3 is 0 Å². The van der Waals surface area contributed by atoms with Crippen LogP contribution in [0.15, 0.2) is 247 Å². The van der Waals surface area contributed by atoms with Gasteiger partial charge in [-0.1, -0.05) is 182 Å². The van der Waals surface area contributed by atoms with Crippen LogP contribution >= 0.6 is 0 Å². The number of rotatable bonds is 6. The minimum Gasteiger partial charge on any atom is -0.454 e. The fourth-order valence-electron chi connectivity index (χ4n) is 11.0. The highest BCUT2D eigenvalue weighted by Gasteiger charge is 2.19. The third-order valence-electron chi connectivity index (χ3n) is 14.1. The van der Waals surface area contributed by atoms with Gasteiger partial charge in [0.05, 0.1) is 0 Å². The summed E-state index contributed by atoms with van der Waals surface area (Å²) in [4.78, 5) is 7.09. The number of benzene rings is 12. The first-order valence-electron chi connectivity index (χ1n) is 23.3. The maximum atomic E-state index is 6.42. The number of aromatic nitrogens is 1. The second-order valence-electron chi connectivity index (χ2n) is 17.7. The van der Waals surface area contributed by atoms with Gasteiger partial charge in [0.2, 0.25) is 0 Å². The summed E-state index contributed by atoms with van der Waals surface area (Å²) in [5.41, 5.74) is 12.6. The molecule has 14 aromatic rings. The summed E-state index contributed by atoms with van der Waals surface area (Å²) in [7, 11) is 0. The SMILES string of the molecule is c1ccc2c(c1)oc1c(-c3ccc(N(c4ccc(-c5cccc6c7ccccc7c7ccccc7c56)cc4)c4ccc(-c5cccc6c7ccccc7c7ccccc7c56)cc4)cc3)ccnc12. The molecule has 0 radical (unpaired) electrons. The molecular weight excluding hydrogens is 825 g/mol. The van der Waals surface area contributed by atoms with Crippen LogP contribution in [-0.4, -0.2) is 4.98 Å². The van der Waals surface area contributed by atoms with Crippen molar-refractivity contribution >= 4 is 104 Å². The van der Waals surface area contributed by atoms with Crippen molar-refractivity contribution in [3.63, 3.8) is 0 Å². The van der Waals surface area contributed by atoms with Crippen LogP contribution in [0.5, 0.6) is 0 Å². The van der Waals surface area contributed by atoms with E-state index in [1.165, 1.54) is 86.9 Å². The van der Waals surface area contributed by atoms with Gasteiger partial charge in [0.1, 0.15) is 11.1 Å². The van der Waals surface area contributed by atoms with Gasteiger partial charge in [0.15, 0.2) is 5.58 Å². The third kappa shape index (κ3) is 5.89. The average molecular weight is 865 g/mol. The summed E-state index contributed by atoms with van der Waals surface area (Å²) < 4.78 is 6.42. The lowest BCUT2D eigenvalue weighted by Gasteiger charge is -2.26. The van der Waals surface area contributed by atoms with Gasteiger partial charge in [-0.05, 0) is 147 Å². The van der Waals surface area contributed by atoms with Gasteiger partial charge in [-0.25, -0.2) is 0 Å². The van der Waals surface area contributed by atoms with Gasteiger partial charge in [0, 0.05) is 34.2 Å². The molecule has 14 rings (SSSR count). The fourth-order valence-corrected chi connectivity index (χ4v) is 11.0. The molecule has 0 atom stereocenters. The number of hydrogen-bond donors (Lipinski definition) is 0. The van der Waals surface area contributed by atoms with Crippen molar-refractivity contribution in [2.75, 3.05) is 4.90 Å². The number of hydrogen-bond acceptors (Lipinski definition) is 3. The molecule has 2 aromatic heterocycles. The van der Waals surface area contributed by atoms with E-state index in [0.29, 0.717) is 0 Å². The van der Waals surface area contributed by atoms with Crippen molar-refractivity contribution in [3.8, 4) is 33.4 Å². The first kappa shape index (κ1) is 38.2. The summed E-state index contributed by atoms with van der Waals surface area (Å²) in [5.74, 6) is 0. The minimum absolute atomic E-state index is 0.799. The molecule has 316 valence electrons. The van der Waals surface area contributed by atoms with Crippen LogP contribution in [0.25, 0.3) is 120 Å². The molecule has 0 saturated heterocycles. The van der Waals surface area contributed by atoms with E-state index in [1.807, 2.05) is 30.5 Å². The molecule has 12 aromatic carbocycles. The van der Waals surface area contributed by atoms with Gasteiger partial charge in [0.25, 0.3) is 0 Å². The van der Waals surface area contributed by atoms with Crippen molar-refractivity contribution in [3.05, 3.63) is 243 Å². The molecule has 68 heavy (non-hydrogen) atoms. The summed E-state index contributed by atoms with van der Waals surface area (Å²) in [6, 6.07) is 85.9. The summed E-state index contributed by atoms with van der Waals surface area (Å²) in [5, 5.41) is 16.3. The number of para-hydroxylation sites is 1. The van der Waals surface area contributed by atoms with E-state index in [9.17, 15) is 0 Å². The van der Waals surface area contributed by atoms with Crippen LogP contribution in [-0.2, 0) is 0 Å². The van der Waals surface area contributed by atoms with E-state index < -0.39 is 0 Å². The Balaban J connectivity index is 0.909. The molecule has 0 unspecified atom stereocenters. The zero-order valence-electron chi connectivity index (χ0n) is 36.9. The van der Waals surface area contributed by atoms with Crippen LogP contribution in [0.4, 0.5) is 17.1 Å². The highest BCUT2D eigenvalue weighted by atomic mass is 16.3. The van der Waals surface area contributed by atoms with E-state index in [4.69, 9.17) is 9.40 Å². The molecule has 0 spiro atoms. The smallest absolute Gasteiger partial charge is 0.161 e. The van der Waals surface area contributed by atoms with E-state index in [-0.39, 0.29) is 0 Å². The monoisotopic (exact) mass is 864 g/mol. The van der Waals surface area contributed by atoms with Crippen LogP contribution < -0.4 is 4.90 Å². The van der Waals surface area contributed by atoms with Crippen LogP contribution in [0.1, 0.15) is 0 Å². The van der Waals surface area contributed by atoms with Crippen molar-refractivity contribution in [2.24, 2.45) is 0 Å².